The average molecular weight is 184 g/mol. The van der Waals surface area contributed by atoms with E-state index in [9.17, 15) is 0 Å². The summed E-state index contributed by atoms with van der Waals surface area (Å²) in [6, 6.07) is 0.768. The molecular weight excluding hydrogens is 164 g/mol. The molecule has 3 nitrogen and oxygen atoms in total. The molecular formula is C10H20N2O. The number of likely N-dealkylation sites (tertiary alicyclic amines) is 1. The minimum Gasteiger partial charge on any atom is -0.380 e. The highest BCUT2D eigenvalue weighted by atomic mass is 16.5. The van der Waals surface area contributed by atoms with Crippen molar-refractivity contribution in [2.45, 2.75) is 25.5 Å². The summed E-state index contributed by atoms with van der Waals surface area (Å²) in [5.74, 6) is 0.907. The van der Waals surface area contributed by atoms with Crippen LogP contribution < -0.4 is 5.32 Å². The van der Waals surface area contributed by atoms with Crippen molar-refractivity contribution in [1.82, 2.24) is 10.2 Å². The van der Waals surface area contributed by atoms with Crippen LogP contribution in [0.25, 0.3) is 0 Å². The van der Waals surface area contributed by atoms with Gasteiger partial charge in [-0.25, -0.2) is 0 Å². The number of ether oxygens (including phenoxy) is 1. The zero-order valence-corrected chi connectivity index (χ0v) is 8.62. The molecule has 2 fully saturated rings. The molecule has 2 rings (SSSR count). The second-order valence-corrected chi connectivity index (χ2v) is 4.37. The Morgan fingerprint density at radius 3 is 3.08 bits per heavy atom. The molecule has 0 aromatic carbocycles. The van der Waals surface area contributed by atoms with Crippen molar-refractivity contribution in [3.05, 3.63) is 0 Å². The van der Waals surface area contributed by atoms with E-state index in [2.05, 4.69) is 17.1 Å². The standard InChI is InChI=1S/C10H20N2O/c1-8(13-2)5-12-6-9-3-4-11-10(9)7-12/h8-11H,3-7H2,1-2H3/t8?,9-,10+/m0/s1. The fraction of sp³-hybridized carbons (Fsp3) is 1.00. The largest absolute Gasteiger partial charge is 0.380 e. The Balaban J connectivity index is 1.78. The maximum Gasteiger partial charge on any atom is 0.0670 e. The van der Waals surface area contributed by atoms with E-state index in [-0.39, 0.29) is 0 Å². The number of rotatable bonds is 3. The molecule has 3 heteroatoms. The van der Waals surface area contributed by atoms with Gasteiger partial charge in [0.25, 0.3) is 0 Å². The van der Waals surface area contributed by atoms with Gasteiger partial charge in [-0.15, -0.1) is 0 Å². The van der Waals surface area contributed by atoms with Crippen molar-refractivity contribution in [2.75, 3.05) is 33.3 Å². The normalized spacial score (nSPS) is 36.5. The fourth-order valence-corrected chi connectivity index (χ4v) is 2.53. The zero-order valence-electron chi connectivity index (χ0n) is 8.62. The minimum atomic E-state index is 0.374. The molecule has 0 bridgehead atoms. The van der Waals surface area contributed by atoms with Crippen LogP contribution in [0.2, 0.25) is 0 Å². The maximum absolute atomic E-state index is 5.27. The predicted molar refractivity (Wildman–Crippen MR) is 52.8 cm³/mol. The highest BCUT2D eigenvalue weighted by molar-refractivity contribution is 4.94. The van der Waals surface area contributed by atoms with Crippen molar-refractivity contribution < 1.29 is 4.74 Å². The molecule has 0 amide bonds. The molecule has 1 unspecified atom stereocenters. The molecule has 2 saturated heterocycles. The summed E-state index contributed by atoms with van der Waals surface area (Å²) in [6.45, 7) is 6.94. The Morgan fingerprint density at radius 2 is 2.38 bits per heavy atom. The van der Waals surface area contributed by atoms with Crippen LogP contribution in [0.4, 0.5) is 0 Å². The molecule has 0 aromatic heterocycles. The monoisotopic (exact) mass is 184 g/mol. The van der Waals surface area contributed by atoms with E-state index in [4.69, 9.17) is 4.74 Å². The average Bonchev–Trinajstić information content (AvgIpc) is 2.63. The van der Waals surface area contributed by atoms with Crippen LogP contribution in [0.15, 0.2) is 0 Å². The Labute approximate surface area is 80.4 Å². The molecule has 2 aliphatic rings. The zero-order chi connectivity index (χ0) is 9.26. The molecule has 0 radical (unpaired) electrons. The molecule has 3 atom stereocenters. The lowest BCUT2D eigenvalue weighted by molar-refractivity contribution is 0.0830. The van der Waals surface area contributed by atoms with Crippen LogP contribution in [0.1, 0.15) is 13.3 Å². The van der Waals surface area contributed by atoms with Crippen molar-refractivity contribution in [2.24, 2.45) is 5.92 Å². The van der Waals surface area contributed by atoms with Gasteiger partial charge >= 0.3 is 0 Å². The van der Waals surface area contributed by atoms with E-state index in [1.807, 2.05) is 0 Å². The molecule has 0 saturated carbocycles. The maximum atomic E-state index is 5.27. The Hall–Kier alpha value is -0.120. The first kappa shape index (κ1) is 9.44. The number of methoxy groups -OCH3 is 1. The van der Waals surface area contributed by atoms with Crippen molar-refractivity contribution in [3.8, 4) is 0 Å². The van der Waals surface area contributed by atoms with E-state index in [0.29, 0.717) is 6.10 Å². The van der Waals surface area contributed by atoms with E-state index >= 15 is 0 Å². The Morgan fingerprint density at radius 1 is 1.54 bits per heavy atom. The van der Waals surface area contributed by atoms with Gasteiger partial charge in [-0.2, -0.15) is 0 Å². The minimum absolute atomic E-state index is 0.374. The third-order valence-electron chi connectivity index (χ3n) is 3.36. The van der Waals surface area contributed by atoms with E-state index in [0.717, 1.165) is 18.5 Å². The second kappa shape index (κ2) is 3.95. The van der Waals surface area contributed by atoms with Crippen LogP contribution in [-0.2, 0) is 4.74 Å². The molecule has 2 aliphatic heterocycles. The quantitative estimate of drug-likeness (QED) is 0.683. The van der Waals surface area contributed by atoms with Crippen molar-refractivity contribution in [3.63, 3.8) is 0 Å². The summed E-state index contributed by atoms with van der Waals surface area (Å²) in [6.07, 6.45) is 1.74. The first-order valence-corrected chi connectivity index (χ1v) is 5.28. The van der Waals surface area contributed by atoms with Gasteiger partial charge in [0, 0.05) is 32.8 Å². The number of hydrogen-bond acceptors (Lipinski definition) is 3. The Kier molecular flexibility index (Phi) is 2.86. The molecule has 0 aliphatic carbocycles. The van der Waals surface area contributed by atoms with Gasteiger partial charge in [-0.3, -0.25) is 4.90 Å². The summed E-state index contributed by atoms with van der Waals surface area (Å²) in [4.78, 5) is 2.52. The lowest BCUT2D eigenvalue weighted by atomic mass is 10.1. The first-order chi connectivity index (χ1) is 6.29. The van der Waals surface area contributed by atoms with E-state index < -0.39 is 0 Å². The molecule has 13 heavy (non-hydrogen) atoms. The van der Waals surface area contributed by atoms with Gasteiger partial charge in [0.2, 0.25) is 0 Å². The topological polar surface area (TPSA) is 24.5 Å². The SMILES string of the molecule is COC(C)CN1C[C@@H]2CCN[C@@H]2C1. The third kappa shape index (κ3) is 2.03. The lowest BCUT2D eigenvalue weighted by Crippen LogP contribution is -2.34. The van der Waals surface area contributed by atoms with Gasteiger partial charge in [-0.05, 0) is 25.8 Å². The smallest absolute Gasteiger partial charge is 0.0670 e. The molecule has 0 spiro atoms. The van der Waals surface area contributed by atoms with E-state index in [1.54, 1.807) is 7.11 Å². The molecule has 76 valence electrons. The van der Waals surface area contributed by atoms with Crippen LogP contribution in [0.5, 0.6) is 0 Å². The molecule has 2 heterocycles. The third-order valence-corrected chi connectivity index (χ3v) is 3.36. The fourth-order valence-electron chi connectivity index (χ4n) is 2.53. The summed E-state index contributed by atoms with van der Waals surface area (Å²) in [5.41, 5.74) is 0. The van der Waals surface area contributed by atoms with Gasteiger partial charge in [0.05, 0.1) is 6.10 Å². The molecule has 1 N–H and O–H groups in total. The van der Waals surface area contributed by atoms with E-state index in [1.165, 1.54) is 26.1 Å². The number of hydrogen-bond donors (Lipinski definition) is 1. The van der Waals surface area contributed by atoms with Crippen molar-refractivity contribution in [1.29, 1.82) is 0 Å². The summed E-state index contributed by atoms with van der Waals surface area (Å²) in [7, 11) is 1.79. The van der Waals surface area contributed by atoms with Crippen molar-refractivity contribution >= 4 is 0 Å². The van der Waals surface area contributed by atoms with Crippen LogP contribution in [-0.4, -0.2) is 50.3 Å². The number of fused-ring (bicyclic) bond motifs is 1. The first-order valence-electron chi connectivity index (χ1n) is 5.28. The number of nitrogens with one attached hydrogen (secondary N) is 1. The highest BCUT2D eigenvalue weighted by Gasteiger charge is 2.35. The van der Waals surface area contributed by atoms with Gasteiger partial charge in [-0.1, -0.05) is 0 Å². The van der Waals surface area contributed by atoms with Crippen LogP contribution in [0.3, 0.4) is 0 Å². The van der Waals surface area contributed by atoms with Gasteiger partial charge < -0.3 is 10.1 Å². The highest BCUT2D eigenvalue weighted by Crippen LogP contribution is 2.24. The predicted octanol–water partition coefficient (Wildman–Crippen LogP) is 0.315. The second-order valence-electron chi connectivity index (χ2n) is 4.37. The summed E-state index contributed by atoms with van der Waals surface area (Å²) in [5, 5.41) is 3.56. The van der Waals surface area contributed by atoms with Crippen LogP contribution in [0, 0.1) is 5.92 Å². The lowest BCUT2D eigenvalue weighted by Gasteiger charge is -2.20. The Bertz CT molecular complexity index is 160. The number of nitrogens with zero attached hydrogens (tertiary/aromatic N) is 1. The van der Waals surface area contributed by atoms with Gasteiger partial charge in [0.1, 0.15) is 0 Å². The molecule has 0 aromatic rings. The summed E-state index contributed by atoms with van der Waals surface area (Å²) < 4.78 is 5.27. The van der Waals surface area contributed by atoms with Gasteiger partial charge in [0.15, 0.2) is 0 Å². The summed E-state index contributed by atoms with van der Waals surface area (Å²) >= 11 is 0. The van der Waals surface area contributed by atoms with Crippen LogP contribution >= 0.6 is 0 Å².